The van der Waals surface area contributed by atoms with Crippen LogP contribution in [0.25, 0.3) is 0 Å². The molecule has 1 aromatic carbocycles. The lowest BCUT2D eigenvalue weighted by molar-refractivity contribution is -0.140. The number of hydrazone groups is 2. The van der Waals surface area contributed by atoms with Crippen molar-refractivity contribution in [3.8, 4) is 5.75 Å². The van der Waals surface area contributed by atoms with Gasteiger partial charge >= 0.3 is 17.9 Å². The quantitative estimate of drug-likeness (QED) is 0.0510. The number of nitrogens with zero attached hydrogens (tertiary/aromatic N) is 4. The van der Waals surface area contributed by atoms with Gasteiger partial charge in [0.05, 0.1) is 98.2 Å². The molecule has 16 nitrogen and oxygen atoms in total. The van der Waals surface area contributed by atoms with Gasteiger partial charge in [0.2, 0.25) is 46.6 Å². The summed E-state index contributed by atoms with van der Waals surface area (Å²) in [6.07, 6.45) is 0.175. The van der Waals surface area contributed by atoms with Gasteiger partial charge in [0.1, 0.15) is 0 Å². The van der Waals surface area contributed by atoms with E-state index in [2.05, 4.69) is 19.7 Å². The molecule has 0 bridgehead atoms. The molecule has 53 heavy (non-hydrogen) atoms. The zero-order valence-corrected chi connectivity index (χ0v) is 29.7. The Morgan fingerprint density at radius 3 is 1.40 bits per heavy atom. The van der Waals surface area contributed by atoms with Crippen molar-refractivity contribution < 1.29 is 79.5 Å². The molecule has 2 amide bonds. The molecular weight excluding hydrogens is 727 g/mol. The highest BCUT2D eigenvalue weighted by Gasteiger charge is 2.28. The standard InChI is InChI=1S/C17H17F5N2O5.C11H18N2O5.C4H8O2/c1-9-8-10(25)24(23-9)3-5-28-7-6-27-4-2-11(26)29-17-15(21)13(19)12(18)14(20)16(17)22;1-9-8-10(14)13(12-9)3-5-18-7-6-17-4-2-11(15)16;1-3-6-4(2)5/h2-8H2,1H3;2-8H2,1H3,(H,15,16);3H2,1-2H3. The third-order valence-electron chi connectivity index (χ3n) is 6.26. The normalized spacial score (nSPS) is 13.5. The van der Waals surface area contributed by atoms with E-state index in [0.717, 1.165) is 11.4 Å². The van der Waals surface area contributed by atoms with Crippen LogP contribution in [0.3, 0.4) is 0 Å². The van der Waals surface area contributed by atoms with Gasteiger partial charge in [-0.05, 0) is 20.8 Å². The molecule has 0 aliphatic carbocycles. The Bertz CT molecular complexity index is 1440. The van der Waals surface area contributed by atoms with E-state index in [1.165, 1.54) is 16.9 Å². The molecule has 0 saturated heterocycles. The maximum atomic E-state index is 13.4. The van der Waals surface area contributed by atoms with E-state index in [-0.39, 0.29) is 70.2 Å². The summed E-state index contributed by atoms with van der Waals surface area (Å²) in [5, 5.41) is 19.1. The first kappa shape index (κ1) is 46.4. The van der Waals surface area contributed by atoms with Gasteiger partial charge in [0.15, 0.2) is 0 Å². The molecule has 0 fully saturated rings. The Morgan fingerprint density at radius 2 is 1.06 bits per heavy atom. The fraction of sp³-hybridized carbons (Fsp3) is 0.594. The van der Waals surface area contributed by atoms with Crippen LogP contribution in [0.15, 0.2) is 10.2 Å². The topological polar surface area (TPSA) is 192 Å². The van der Waals surface area contributed by atoms with Gasteiger partial charge in [-0.2, -0.15) is 19.0 Å². The fourth-order valence-electron chi connectivity index (χ4n) is 3.87. The largest absolute Gasteiger partial charge is 0.481 e. The minimum Gasteiger partial charge on any atom is -0.481 e. The Balaban J connectivity index is 0.000000496. The van der Waals surface area contributed by atoms with Crippen LogP contribution in [0.2, 0.25) is 0 Å². The van der Waals surface area contributed by atoms with Crippen LogP contribution in [-0.4, -0.2) is 129 Å². The molecule has 2 heterocycles. The van der Waals surface area contributed by atoms with Gasteiger partial charge in [-0.15, -0.1) is 0 Å². The zero-order chi connectivity index (χ0) is 39.9. The van der Waals surface area contributed by atoms with Gasteiger partial charge in [0.25, 0.3) is 0 Å². The number of carboxylic acids is 1. The number of amides is 2. The Morgan fingerprint density at radius 1 is 0.660 bits per heavy atom. The number of halogens is 5. The van der Waals surface area contributed by atoms with Crippen LogP contribution in [0.5, 0.6) is 5.75 Å². The zero-order valence-electron chi connectivity index (χ0n) is 29.7. The number of ether oxygens (including phenoxy) is 6. The summed E-state index contributed by atoms with van der Waals surface area (Å²) in [7, 11) is 0. The number of hydrogen-bond donors (Lipinski definition) is 1. The summed E-state index contributed by atoms with van der Waals surface area (Å²) in [5.74, 6) is -15.4. The molecule has 1 aromatic rings. The van der Waals surface area contributed by atoms with Crippen molar-refractivity contribution in [1.29, 1.82) is 0 Å². The summed E-state index contributed by atoms with van der Waals surface area (Å²) >= 11 is 0. The van der Waals surface area contributed by atoms with Crippen molar-refractivity contribution >= 4 is 41.1 Å². The van der Waals surface area contributed by atoms with Crippen molar-refractivity contribution in [2.24, 2.45) is 10.2 Å². The van der Waals surface area contributed by atoms with Crippen LogP contribution in [0.4, 0.5) is 22.0 Å². The minimum absolute atomic E-state index is 0.00370. The maximum Gasteiger partial charge on any atom is 0.313 e. The highest BCUT2D eigenvalue weighted by Crippen LogP contribution is 2.29. The summed E-state index contributed by atoms with van der Waals surface area (Å²) in [5.41, 5.74) is 1.54. The Kier molecular flexibility index (Phi) is 22.2. The van der Waals surface area contributed by atoms with Gasteiger partial charge < -0.3 is 33.5 Å². The Hall–Kier alpha value is -4.60. The molecule has 3 rings (SSSR count). The number of carbonyl (C=O) groups excluding carboxylic acids is 4. The van der Waals surface area contributed by atoms with Crippen molar-refractivity contribution in [1.82, 2.24) is 10.0 Å². The number of hydrogen-bond acceptors (Lipinski definition) is 13. The smallest absolute Gasteiger partial charge is 0.313 e. The molecule has 0 spiro atoms. The second-order valence-electron chi connectivity index (χ2n) is 10.7. The van der Waals surface area contributed by atoms with Crippen LogP contribution < -0.4 is 4.74 Å². The summed E-state index contributed by atoms with van der Waals surface area (Å²) < 4.78 is 95.0. The average molecular weight is 771 g/mol. The average Bonchev–Trinajstić information content (AvgIpc) is 3.60. The van der Waals surface area contributed by atoms with Crippen molar-refractivity contribution in [3.05, 3.63) is 29.1 Å². The lowest BCUT2D eigenvalue weighted by Gasteiger charge is -2.12. The van der Waals surface area contributed by atoms with Gasteiger partial charge in [-0.25, -0.2) is 23.2 Å². The van der Waals surface area contributed by atoms with Crippen LogP contribution in [-0.2, 0) is 47.7 Å². The first-order chi connectivity index (χ1) is 25.1. The summed E-state index contributed by atoms with van der Waals surface area (Å²) in [6.45, 7) is 9.42. The van der Waals surface area contributed by atoms with Gasteiger partial charge in [-0.1, -0.05) is 0 Å². The summed E-state index contributed by atoms with van der Waals surface area (Å²) in [4.78, 5) is 54.3. The van der Waals surface area contributed by atoms with Crippen LogP contribution in [0.1, 0.15) is 53.4 Å². The van der Waals surface area contributed by atoms with Gasteiger partial charge in [0, 0.05) is 18.3 Å². The number of aliphatic carboxylic acids is 1. The number of esters is 2. The first-order valence-electron chi connectivity index (χ1n) is 16.2. The van der Waals surface area contributed by atoms with Crippen LogP contribution >= 0.6 is 0 Å². The second kappa shape index (κ2) is 25.4. The van der Waals surface area contributed by atoms with E-state index >= 15 is 0 Å². The van der Waals surface area contributed by atoms with E-state index in [9.17, 15) is 45.9 Å². The molecule has 0 radical (unpaired) electrons. The molecule has 21 heteroatoms. The SMILES string of the molecule is CC1=NN(CCOCCOCCC(=O)O)C(=O)C1.CC1=NN(CCOCCOCCC(=O)Oc2c(F)c(F)c(F)c(F)c2F)C(=O)C1.CCOC(C)=O. The van der Waals surface area contributed by atoms with E-state index in [1.807, 2.05) is 6.92 Å². The Labute approximate surface area is 301 Å². The maximum absolute atomic E-state index is 13.4. The van der Waals surface area contributed by atoms with E-state index in [1.54, 1.807) is 13.8 Å². The van der Waals surface area contributed by atoms with Crippen molar-refractivity contribution in [3.63, 3.8) is 0 Å². The van der Waals surface area contributed by atoms with Crippen LogP contribution in [0, 0.1) is 29.1 Å². The predicted octanol–water partition coefficient (Wildman–Crippen LogP) is 2.99. The molecule has 0 aromatic heterocycles. The second-order valence-corrected chi connectivity index (χ2v) is 10.7. The third kappa shape index (κ3) is 18.6. The van der Waals surface area contributed by atoms with Crippen molar-refractivity contribution in [2.75, 3.05) is 72.6 Å². The van der Waals surface area contributed by atoms with E-state index in [4.69, 9.17) is 24.1 Å². The highest BCUT2D eigenvalue weighted by molar-refractivity contribution is 6.04. The molecular formula is C32H43F5N4O12. The lowest BCUT2D eigenvalue weighted by Crippen LogP contribution is -2.25. The number of carboxylic acid groups (broad SMARTS) is 1. The first-order valence-corrected chi connectivity index (χ1v) is 16.2. The monoisotopic (exact) mass is 770 g/mol. The molecule has 0 unspecified atom stereocenters. The molecule has 298 valence electrons. The third-order valence-corrected chi connectivity index (χ3v) is 6.26. The number of benzene rings is 1. The van der Waals surface area contributed by atoms with Gasteiger partial charge in [-0.3, -0.25) is 24.0 Å². The summed E-state index contributed by atoms with van der Waals surface area (Å²) in [6, 6.07) is 0. The lowest BCUT2D eigenvalue weighted by atomic mass is 10.2. The number of carbonyl (C=O) groups is 5. The highest BCUT2D eigenvalue weighted by atomic mass is 19.2. The fourth-order valence-corrected chi connectivity index (χ4v) is 3.87. The predicted molar refractivity (Wildman–Crippen MR) is 173 cm³/mol. The molecule has 0 atom stereocenters. The number of rotatable bonds is 20. The molecule has 0 saturated carbocycles. The minimum atomic E-state index is -2.35. The molecule has 2 aliphatic heterocycles. The molecule has 1 N–H and O–H groups in total. The van der Waals surface area contributed by atoms with E-state index < -0.39 is 53.2 Å². The molecule has 2 aliphatic rings. The van der Waals surface area contributed by atoms with Crippen molar-refractivity contribution in [2.45, 2.75) is 53.4 Å². The van der Waals surface area contributed by atoms with E-state index in [0.29, 0.717) is 39.4 Å².